The normalized spacial score (nSPS) is 37.7. The lowest BCUT2D eigenvalue weighted by atomic mass is 9.96. The van der Waals surface area contributed by atoms with Gasteiger partial charge in [0.15, 0.2) is 50.3 Å². The maximum absolute atomic E-state index is 13.3. The fraction of sp³-hybridized carbons (Fsp3) is 0.902. The minimum atomic E-state index is -1.98. The molecule has 8 aliphatic heterocycles. The van der Waals surface area contributed by atoms with E-state index in [-0.39, 0.29) is 89.7 Å². The van der Waals surface area contributed by atoms with E-state index in [9.17, 15) is 171 Å². The van der Waals surface area contributed by atoms with Crippen LogP contribution in [0.5, 0.6) is 0 Å². The Labute approximate surface area is 803 Å². The van der Waals surface area contributed by atoms with E-state index in [0.29, 0.717) is 25.9 Å². The van der Waals surface area contributed by atoms with Gasteiger partial charge in [0.05, 0.1) is 78.3 Å². The number of nitrogens with zero attached hydrogens (tertiary/aromatic N) is 2. The van der Waals surface area contributed by atoms with Gasteiger partial charge in [-0.3, -0.25) is 38.4 Å². The van der Waals surface area contributed by atoms with Crippen molar-refractivity contribution in [1.82, 2.24) is 41.7 Å². The number of ether oxygens (including phenoxy) is 16. The number of carbonyl (C=O) groups is 8. The van der Waals surface area contributed by atoms with Gasteiger partial charge in [0.2, 0.25) is 47.3 Å². The lowest BCUT2D eigenvalue weighted by Gasteiger charge is -2.46. The molecule has 0 bridgehead atoms. The molecular formula is C82H146N8O50. The summed E-state index contributed by atoms with van der Waals surface area (Å²) < 4.78 is 88.2. The third-order valence-electron chi connectivity index (χ3n) is 23.4. The van der Waals surface area contributed by atoms with Crippen LogP contribution in [0.15, 0.2) is 0 Å². The van der Waals surface area contributed by atoms with Gasteiger partial charge in [0, 0.05) is 65.0 Å². The van der Waals surface area contributed by atoms with Crippen LogP contribution < -0.4 is 31.9 Å². The second-order valence-corrected chi connectivity index (χ2v) is 33.8. The molecule has 0 spiro atoms. The van der Waals surface area contributed by atoms with Gasteiger partial charge >= 0.3 is 0 Å². The molecule has 140 heavy (non-hydrogen) atoms. The van der Waals surface area contributed by atoms with Crippen LogP contribution in [-0.2, 0) is 114 Å². The van der Waals surface area contributed by atoms with Crippen LogP contribution in [0.1, 0.15) is 92.9 Å². The molecule has 40 atom stereocenters. The zero-order valence-electron chi connectivity index (χ0n) is 78.2. The molecule has 32 N–H and O–H groups in total. The molecule has 0 unspecified atom stereocenters. The van der Waals surface area contributed by atoms with Crippen LogP contribution in [0.3, 0.4) is 0 Å². The predicted molar refractivity (Wildman–Crippen MR) is 457 cm³/mol. The Morgan fingerprint density at radius 2 is 0.486 bits per heavy atom. The minimum Gasteiger partial charge on any atom is -0.394 e. The van der Waals surface area contributed by atoms with Crippen LogP contribution in [0.2, 0.25) is 0 Å². The monoisotopic (exact) mass is 2040 g/mol. The third kappa shape index (κ3) is 35.7. The molecular weight excluding hydrogens is 1900 g/mol. The van der Waals surface area contributed by atoms with Crippen molar-refractivity contribution in [3.8, 4) is 0 Å². The molecule has 8 fully saturated rings. The molecule has 0 saturated carbocycles. The molecule has 814 valence electrons. The molecule has 8 saturated heterocycles. The van der Waals surface area contributed by atoms with Gasteiger partial charge in [0.1, 0.15) is 209 Å². The highest BCUT2D eigenvalue weighted by Crippen LogP contribution is 2.35. The zero-order valence-corrected chi connectivity index (χ0v) is 78.2. The Bertz CT molecular complexity index is 3400. The Morgan fingerprint density at radius 1 is 0.257 bits per heavy atom. The van der Waals surface area contributed by atoms with Gasteiger partial charge in [-0.25, -0.2) is 0 Å². The summed E-state index contributed by atoms with van der Waals surface area (Å²) >= 11 is 0. The van der Waals surface area contributed by atoms with Crippen molar-refractivity contribution < 1.29 is 247 Å². The summed E-state index contributed by atoms with van der Waals surface area (Å²) in [4.78, 5) is 104. The van der Waals surface area contributed by atoms with Crippen LogP contribution in [0.25, 0.3) is 0 Å². The molecule has 0 aromatic rings. The predicted octanol–water partition coefficient (Wildman–Crippen LogP) is -18.9. The number of aliphatic hydroxyl groups is 26. The second-order valence-electron chi connectivity index (χ2n) is 33.8. The zero-order chi connectivity index (χ0) is 104. The lowest BCUT2D eigenvalue weighted by molar-refractivity contribution is -0.366. The van der Waals surface area contributed by atoms with Crippen molar-refractivity contribution in [3.63, 3.8) is 0 Å². The highest BCUT2D eigenvalue weighted by molar-refractivity contribution is 5.90. The lowest BCUT2D eigenvalue weighted by Crippen LogP contribution is -2.65. The number of amides is 8. The first-order valence-corrected chi connectivity index (χ1v) is 46.3. The first kappa shape index (κ1) is 123. The quantitative estimate of drug-likeness (QED) is 0.0252. The molecule has 0 aliphatic carbocycles. The molecule has 8 heterocycles. The Kier molecular flexibility index (Phi) is 54.0. The summed E-state index contributed by atoms with van der Waals surface area (Å²) in [7, 11) is 0. The highest BCUT2D eigenvalue weighted by atomic mass is 16.8. The number of nitrogens with one attached hydrogen (secondary N) is 6. The smallest absolute Gasteiger partial charge is 0.239 e. The van der Waals surface area contributed by atoms with Crippen molar-refractivity contribution in [1.29, 1.82) is 0 Å². The average molecular weight is 2040 g/mol. The van der Waals surface area contributed by atoms with Crippen molar-refractivity contribution in [2.45, 2.75) is 339 Å². The van der Waals surface area contributed by atoms with E-state index in [1.54, 1.807) is 13.8 Å². The molecule has 0 aromatic heterocycles. The molecule has 8 rings (SSSR count). The first-order valence-electron chi connectivity index (χ1n) is 46.3. The summed E-state index contributed by atoms with van der Waals surface area (Å²) in [5.74, 6) is -4.63. The summed E-state index contributed by atoms with van der Waals surface area (Å²) in [6.07, 6.45) is -65.0. The van der Waals surface area contributed by atoms with Gasteiger partial charge in [-0.15, -0.1) is 0 Å². The van der Waals surface area contributed by atoms with Crippen molar-refractivity contribution in [2.75, 3.05) is 132 Å². The SMILES string of the molecule is CC.CCNC(=O)CCCCC(=O)N(CC(=O)NCCO[C@@H]1O[C@@H](C)[C@@H](O)[C@@H](O)[C@@H]1O)CC(=O)NCCO[C@H]1O[C@H](CO[C@H]2O[C@H](CO)[C@@H](O)[C@H](O)[C@@H]2O)[C@@H](O)[C@H](O[C@H]2O[C@H](CO)[C@@H](O)[C@H](O)[C@@H]2O)[C@@H]1O.CCNC(=O)CCCCC(=O)N(CC(=O)NCCO[C@@H]1O[C@@H](C)[C@@H](O)[C@@H](O)[C@@H]1O)CC(=O)NCCO[C@H]1O[C@H](CO[C@H]2O[C@H](CO)[C@@H](O)[C@H](O)[C@@H]2O)[C@@H](O)[C@H](O[C@H]2O[C@H](CO)[C@@H](O)[C@H](O)[C@@H]2O)[C@@H]1O. The Hall–Kier alpha value is -5.92. The van der Waals surface area contributed by atoms with Crippen LogP contribution in [0, 0.1) is 0 Å². The van der Waals surface area contributed by atoms with Gasteiger partial charge in [0.25, 0.3) is 0 Å². The average Bonchev–Trinajstić information content (AvgIpc) is 0.780. The fourth-order valence-electron chi connectivity index (χ4n) is 15.3. The van der Waals surface area contributed by atoms with E-state index in [4.69, 9.17) is 75.8 Å². The van der Waals surface area contributed by atoms with E-state index in [1.165, 1.54) is 13.8 Å². The second kappa shape index (κ2) is 61.6. The van der Waals surface area contributed by atoms with Crippen LogP contribution in [0.4, 0.5) is 0 Å². The molecule has 8 aliphatic rings. The van der Waals surface area contributed by atoms with Crippen LogP contribution in [-0.4, -0.2) is 567 Å². The van der Waals surface area contributed by atoms with E-state index < -0.39 is 360 Å². The van der Waals surface area contributed by atoms with Gasteiger partial charge in [-0.1, -0.05) is 13.8 Å². The first-order chi connectivity index (χ1) is 66.5. The van der Waals surface area contributed by atoms with Gasteiger partial charge in [-0.2, -0.15) is 0 Å². The Morgan fingerprint density at radius 3 is 0.750 bits per heavy atom. The Balaban J connectivity index is 0.000000422. The van der Waals surface area contributed by atoms with E-state index in [2.05, 4.69) is 31.9 Å². The van der Waals surface area contributed by atoms with Gasteiger partial charge < -0.3 is 250 Å². The minimum absolute atomic E-state index is 0.133. The van der Waals surface area contributed by atoms with E-state index in [0.717, 1.165) is 9.80 Å². The number of rotatable bonds is 50. The maximum Gasteiger partial charge on any atom is 0.239 e. The number of hydrogen-bond donors (Lipinski definition) is 32. The number of unbranched alkanes of at least 4 members (excludes halogenated alkanes) is 2. The van der Waals surface area contributed by atoms with Crippen molar-refractivity contribution in [2.24, 2.45) is 0 Å². The number of hydrogen-bond acceptors (Lipinski definition) is 50. The van der Waals surface area contributed by atoms with Gasteiger partial charge in [-0.05, 0) is 53.4 Å². The van der Waals surface area contributed by atoms with Crippen molar-refractivity contribution in [3.05, 3.63) is 0 Å². The van der Waals surface area contributed by atoms with E-state index in [1.807, 2.05) is 13.8 Å². The maximum atomic E-state index is 13.3. The summed E-state index contributed by atoms with van der Waals surface area (Å²) in [5, 5.41) is 283. The molecule has 58 nitrogen and oxygen atoms in total. The van der Waals surface area contributed by atoms with Crippen molar-refractivity contribution >= 4 is 47.3 Å². The fourth-order valence-corrected chi connectivity index (χ4v) is 15.3. The third-order valence-corrected chi connectivity index (χ3v) is 23.4. The topological polar surface area (TPSA) is 889 Å². The van der Waals surface area contributed by atoms with E-state index >= 15 is 0 Å². The number of carbonyl (C=O) groups excluding carboxylic acids is 8. The molecule has 8 amide bonds. The summed E-state index contributed by atoms with van der Waals surface area (Å²) in [6, 6.07) is 0. The molecule has 58 heteroatoms. The highest BCUT2D eigenvalue weighted by Gasteiger charge is 2.56. The summed E-state index contributed by atoms with van der Waals surface area (Å²) in [6.45, 7) is 1.82. The molecule has 0 aromatic carbocycles. The standard InChI is InChI=1S/2C40H70N4O25.C2H6/c2*1-3-41-21(47)6-4-5-7-24(50)44(12-22(48)42-8-10-62-37-32(58)29(55)25(51)17(2)65-37)13-23(49)43-9-11-63-39-35(61)36(69-40-34(60)31(57)27(53)19(15-46)67-40)28(54)20(68-39)16-64-38-33(59)30(56)26(52)18(14-45)66-38;1-2/h2*17-20,25-40,45-46,51-61H,3-16H2,1-2H3,(H,41,47)(H,42,48)(H,43,49);1-2H3/t2*17-,18+,19+,20+,25+,26+,27+,28+,29+,30-,31-,32-,33-,34-,35-,36-,37+,38-,39-,40+;/m00./s1. The number of aliphatic hydroxyl groups excluding tert-OH is 26. The summed E-state index contributed by atoms with van der Waals surface area (Å²) in [5.41, 5.74) is 0. The molecule has 0 radical (unpaired) electrons. The van der Waals surface area contributed by atoms with Crippen LogP contribution >= 0.6 is 0 Å². The largest absolute Gasteiger partial charge is 0.394 e.